The quantitative estimate of drug-likeness (QED) is 0.387. The highest BCUT2D eigenvalue weighted by atomic mass is 32.2. The molecule has 0 aromatic heterocycles. The second-order valence-electron chi connectivity index (χ2n) is 8.11. The first-order chi connectivity index (χ1) is 15.7. The number of hydrogen-bond donors (Lipinski definition) is 1. The number of aliphatic imine (C=N–C) groups is 1. The normalized spacial score (nSPS) is 16.5. The molecule has 0 bridgehead atoms. The molecule has 0 aliphatic carbocycles. The van der Waals surface area contributed by atoms with Crippen molar-refractivity contribution < 1.29 is 9.59 Å². The van der Waals surface area contributed by atoms with Crippen LogP contribution in [-0.4, -0.2) is 54.1 Å². The smallest absolute Gasteiger partial charge is 0.223 e. The Kier molecular flexibility index (Phi) is 9.82. The zero-order valence-corrected chi connectivity index (χ0v) is 19.4. The number of likely N-dealkylation sites (tertiary alicyclic amines) is 1. The summed E-state index contributed by atoms with van der Waals surface area (Å²) in [5.41, 5.74) is 2.44. The predicted octanol–water partition coefficient (Wildman–Crippen LogP) is 4.29. The van der Waals surface area contributed by atoms with Crippen LogP contribution in [0.15, 0.2) is 65.7 Å². The van der Waals surface area contributed by atoms with Crippen molar-refractivity contribution in [2.75, 3.05) is 24.6 Å². The Balaban J connectivity index is 1.30. The van der Waals surface area contributed by atoms with Crippen molar-refractivity contribution in [2.45, 2.75) is 44.2 Å². The Morgan fingerprint density at radius 3 is 2.53 bits per heavy atom. The Bertz CT molecular complexity index is 860. The van der Waals surface area contributed by atoms with E-state index in [1.54, 1.807) is 11.8 Å². The summed E-state index contributed by atoms with van der Waals surface area (Å²) in [7, 11) is 0. The molecular formula is C26H33N3O2S. The third-order valence-corrected chi connectivity index (χ3v) is 6.89. The van der Waals surface area contributed by atoms with Crippen molar-refractivity contribution in [1.82, 2.24) is 10.2 Å². The van der Waals surface area contributed by atoms with Gasteiger partial charge in [-0.05, 0) is 37.1 Å². The first-order valence-electron chi connectivity index (χ1n) is 11.4. The molecule has 3 rings (SSSR count). The number of carbonyl (C=O) groups is 2. The molecule has 1 aliphatic rings. The van der Waals surface area contributed by atoms with Gasteiger partial charge < -0.3 is 10.2 Å². The zero-order valence-electron chi connectivity index (χ0n) is 18.6. The molecule has 1 heterocycles. The largest absolute Gasteiger partial charge is 0.355 e. The number of thioether (sulfide) groups is 1. The van der Waals surface area contributed by atoms with Crippen molar-refractivity contribution in [2.24, 2.45) is 4.99 Å². The highest BCUT2D eigenvalue weighted by Crippen LogP contribution is 2.32. The molecule has 6 heteroatoms. The average molecular weight is 452 g/mol. The third kappa shape index (κ3) is 7.52. The van der Waals surface area contributed by atoms with Crippen molar-refractivity contribution in [3.05, 3.63) is 71.8 Å². The van der Waals surface area contributed by atoms with Crippen molar-refractivity contribution in [3.63, 3.8) is 0 Å². The van der Waals surface area contributed by atoms with E-state index in [1.807, 2.05) is 41.3 Å². The summed E-state index contributed by atoms with van der Waals surface area (Å²) in [5.74, 6) is 1.71. The van der Waals surface area contributed by atoms with Gasteiger partial charge in [0.15, 0.2) is 0 Å². The van der Waals surface area contributed by atoms with Gasteiger partial charge >= 0.3 is 0 Å². The highest BCUT2D eigenvalue weighted by molar-refractivity contribution is 7.99. The van der Waals surface area contributed by atoms with Gasteiger partial charge in [0.2, 0.25) is 11.8 Å². The summed E-state index contributed by atoms with van der Waals surface area (Å²) in [6, 6.07) is 20.8. The minimum atomic E-state index is -0.0583. The van der Waals surface area contributed by atoms with Crippen LogP contribution in [0.5, 0.6) is 0 Å². The van der Waals surface area contributed by atoms with Gasteiger partial charge in [-0.1, -0.05) is 60.7 Å². The molecule has 1 N–H and O–H groups in total. The molecule has 2 atom stereocenters. The maximum absolute atomic E-state index is 12.7. The van der Waals surface area contributed by atoms with Crippen LogP contribution in [-0.2, 0) is 16.0 Å². The topological polar surface area (TPSA) is 61.8 Å². The Morgan fingerprint density at radius 2 is 1.81 bits per heavy atom. The van der Waals surface area contributed by atoms with Crippen molar-refractivity contribution in [3.8, 4) is 0 Å². The van der Waals surface area contributed by atoms with Crippen LogP contribution in [0.4, 0.5) is 0 Å². The number of carbonyl (C=O) groups excluding carboxylic acids is 2. The molecule has 2 amide bonds. The van der Waals surface area contributed by atoms with Crippen molar-refractivity contribution >= 4 is 30.3 Å². The molecule has 0 radical (unpaired) electrons. The first kappa shape index (κ1) is 24.1. The molecule has 1 fully saturated rings. The van der Waals surface area contributed by atoms with Crippen LogP contribution in [0, 0.1) is 0 Å². The standard InChI is InChI=1S/C26H33N3O2S/c1-27-23(19-21-9-4-2-5-10-21)20-32-18-16-28-25(30)14-15-26(31)29-17-8-13-24(29)22-11-6-3-7-12-22/h2-7,9-12,23-24H,1,8,13-20H2,(H,28,30). The van der Waals surface area contributed by atoms with Gasteiger partial charge in [-0.2, -0.15) is 11.8 Å². The van der Waals surface area contributed by atoms with Crippen molar-refractivity contribution in [1.29, 1.82) is 0 Å². The number of rotatable bonds is 12. The summed E-state index contributed by atoms with van der Waals surface area (Å²) >= 11 is 1.77. The van der Waals surface area contributed by atoms with Crippen LogP contribution in [0.25, 0.3) is 0 Å². The lowest BCUT2D eigenvalue weighted by atomic mass is 10.0. The molecule has 0 spiro atoms. The summed E-state index contributed by atoms with van der Waals surface area (Å²) in [6.07, 6.45) is 3.39. The van der Waals surface area contributed by atoms with Crippen LogP contribution in [0.2, 0.25) is 0 Å². The summed E-state index contributed by atoms with van der Waals surface area (Å²) in [4.78, 5) is 31.1. The van der Waals surface area contributed by atoms with E-state index >= 15 is 0 Å². The molecule has 2 aromatic carbocycles. The molecule has 5 nitrogen and oxygen atoms in total. The summed E-state index contributed by atoms with van der Waals surface area (Å²) < 4.78 is 0. The summed E-state index contributed by atoms with van der Waals surface area (Å²) in [5, 5.41) is 2.94. The number of nitrogens with one attached hydrogen (secondary N) is 1. The van der Waals surface area contributed by atoms with Gasteiger partial charge in [0, 0.05) is 37.4 Å². The second-order valence-corrected chi connectivity index (χ2v) is 9.26. The van der Waals surface area contributed by atoms with E-state index in [4.69, 9.17) is 0 Å². The lowest BCUT2D eigenvalue weighted by Crippen LogP contribution is -2.32. The van der Waals surface area contributed by atoms with E-state index in [9.17, 15) is 9.59 Å². The SMILES string of the molecule is C=NC(CSCCNC(=O)CCC(=O)N1CCCC1c1ccccc1)Cc1ccccc1. The number of amides is 2. The minimum Gasteiger partial charge on any atom is -0.355 e. The van der Waals surface area contributed by atoms with E-state index in [0.717, 1.165) is 37.3 Å². The fraction of sp³-hybridized carbons (Fsp3) is 0.423. The molecule has 0 saturated carbocycles. The predicted molar refractivity (Wildman–Crippen MR) is 133 cm³/mol. The maximum atomic E-state index is 12.7. The van der Waals surface area contributed by atoms with E-state index in [2.05, 4.69) is 41.3 Å². The Morgan fingerprint density at radius 1 is 1.09 bits per heavy atom. The fourth-order valence-corrected chi connectivity index (χ4v) is 4.99. The van der Waals surface area contributed by atoms with Gasteiger partial charge in [-0.25, -0.2) is 0 Å². The number of hydrogen-bond acceptors (Lipinski definition) is 4. The fourth-order valence-electron chi connectivity index (χ4n) is 4.08. The lowest BCUT2D eigenvalue weighted by Gasteiger charge is -2.25. The number of benzene rings is 2. The first-order valence-corrected chi connectivity index (χ1v) is 12.5. The van der Waals surface area contributed by atoms with Gasteiger partial charge in [0.25, 0.3) is 0 Å². The van der Waals surface area contributed by atoms with Gasteiger partial charge in [-0.15, -0.1) is 0 Å². The van der Waals surface area contributed by atoms with E-state index in [1.165, 1.54) is 11.1 Å². The van der Waals surface area contributed by atoms with E-state index in [-0.39, 0.29) is 36.7 Å². The Labute approximate surface area is 195 Å². The third-order valence-electron chi connectivity index (χ3n) is 5.77. The summed E-state index contributed by atoms with van der Waals surface area (Å²) in [6.45, 7) is 5.09. The lowest BCUT2D eigenvalue weighted by molar-refractivity contribution is -0.134. The average Bonchev–Trinajstić information content (AvgIpc) is 3.33. The Hall–Kier alpha value is -2.60. The van der Waals surface area contributed by atoms with Gasteiger partial charge in [-0.3, -0.25) is 14.6 Å². The maximum Gasteiger partial charge on any atom is 0.223 e. The van der Waals surface area contributed by atoms with E-state index < -0.39 is 0 Å². The monoisotopic (exact) mass is 451 g/mol. The van der Waals surface area contributed by atoms with Crippen LogP contribution in [0.3, 0.4) is 0 Å². The van der Waals surface area contributed by atoms with Crippen LogP contribution in [0.1, 0.15) is 42.9 Å². The van der Waals surface area contributed by atoms with Gasteiger partial charge in [0.1, 0.15) is 0 Å². The van der Waals surface area contributed by atoms with Crippen LogP contribution >= 0.6 is 11.8 Å². The second kappa shape index (κ2) is 13.1. The molecule has 2 unspecified atom stereocenters. The number of nitrogens with zero attached hydrogens (tertiary/aromatic N) is 2. The highest BCUT2D eigenvalue weighted by Gasteiger charge is 2.29. The van der Waals surface area contributed by atoms with Gasteiger partial charge in [0.05, 0.1) is 12.1 Å². The molecule has 1 aliphatic heterocycles. The molecule has 1 saturated heterocycles. The molecular weight excluding hydrogens is 418 g/mol. The van der Waals surface area contributed by atoms with Crippen LogP contribution < -0.4 is 5.32 Å². The van der Waals surface area contributed by atoms with E-state index in [0.29, 0.717) is 6.54 Å². The molecule has 32 heavy (non-hydrogen) atoms. The molecule has 2 aromatic rings. The zero-order chi connectivity index (χ0) is 22.6. The minimum absolute atomic E-state index is 0.0583. The molecule has 170 valence electrons.